The highest BCUT2D eigenvalue weighted by atomic mass is 79.9. The smallest absolute Gasteiger partial charge is 0.0458 e. The molecular formula is C4H7BrOS. The Hall–Kier alpha value is 0.370. The van der Waals surface area contributed by atoms with Crippen molar-refractivity contribution in [2.75, 3.05) is 5.75 Å². The van der Waals surface area contributed by atoms with Crippen molar-refractivity contribution in [3.05, 3.63) is 10.4 Å². The summed E-state index contributed by atoms with van der Waals surface area (Å²) in [7, 11) is -0.754. The van der Waals surface area contributed by atoms with Crippen LogP contribution in [0, 0.1) is 0 Å². The van der Waals surface area contributed by atoms with E-state index in [0.717, 1.165) is 0 Å². The normalized spacial score (nSPS) is 15.1. The Balaban J connectivity index is 3.37. The van der Waals surface area contributed by atoms with E-state index in [1.165, 1.54) is 0 Å². The first-order valence-electron chi connectivity index (χ1n) is 1.95. The lowest BCUT2D eigenvalue weighted by atomic mass is 11.0. The largest absolute Gasteiger partial charge is 0.255 e. The van der Waals surface area contributed by atoms with Crippen LogP contribution in [-0.4, -0.2) is 9.96 Å². The first-order valence-corrected chi connectivity index (χ1v) is 4.25. The van der Waals surface area contributed by atoms with Gasteiger partial charge in [0, 0.05) is 22.0 Å². The molecule has 0 fully saturated rings. The molecule has 1 atom stereocenters. The molecule has 0 N–H and O–H groups in total. The van der Waals surface area contributed by atoms with E-state index in [4.69, 9.17) is 0 Å². The molecule has 42 valence electrons. The minimum Gasteiger partial charge on any atom is -0.255 e. The zero-order valence-corrected chi connectivity index (χ0v) is 6.46. The molecular weight excluding hydrogens is 176 g/mol. The maximum Gasteiger partial charge on any atom is 0.0458 e. The Morgan fingerprint density at radius 2 is 2.43 bits per heavy atom. The fourth-order valence-corrected chi connectivity index (χ4v) is 1.18. The molecule has 0 aromatic carbocycles. The Morgan fingerprint density at radius 1 is 1.86 bits per heavy atom. The summed E-state index contributed by atoms with van der Waals surface area (Å²) in [6, 6.07) is 0. The van der Waals surface area contributed by atoms with Gasteiger partial charge in [0.2, 0.25) is 0 Å². The highest BCUT2D eigenvalue weighted by Crippen LogP contribution is 1.87. The molecule has 1 nitrogen and oxygen atoms in total. The molecule has 0 heterocycles. The highest BCUT2D eigenvalue weighted by molar-refractivity contribution is 9.11. The Bertz CT molecular complexity index is 89.7. The average Bonchev–Trinajstić information content (AvgIpc) is 1.68. The van der Waals surface area contributed by atoms with E-state index in [9.17, 15) is 4.21 Å². The highest BCUT2D eigenvalue weighted by Gasteiger charge is 1.81. The van der Waals surface area contributed by atoms with Gasteiger partial charge in [0.25, 0.3) is 0 Å². The van der Waals surface area contributed by atoms with Crippen LogP contribution in [-0.2, 0) is 10.8 Å². The lowest BCUT2D eigenvalue weighted by Gasteiger charge is -1.80. The third-order valence-electron chi connectivity index (χ3n) is 0.488. The summed E-state index contributed by atoms with van der Waals surface area (Å²) in [5, 5.41) is 1.61. The molecule has 0 amide bonds. The Morgan fingerprint density at radius 3 is 2.57 bits per heavy atom. The van der Waals surface area contributed by atoms with Crippen LogP contribution < -0.4 is 0 Å². The van der Waals surface area contributed by atoms with E-state index in [1.54, 1.807) is 10.4 Å². The molecule has 0 aromatic heterocycles. The van der Waals surface area contributed by atoms with Crippen LogP contribution in [0.1, 0.15) is 6.92 Å². The molecule has 3 heteroatoms. The van der Waals surface area contributed by atoms with Gasteiger partial charge in [0.15, 0.2) is 0 Å². The Kier molecular flexibility index (Phi) is 4.77. The summed E-state index contributed by atoms with van der Waals surface area (Å²) >= 11 is 3.02. The molecule has 0 aliphatic rings. The summed E-state index contributed by atoms with van der Waals surface area (Å²) in [6.45, 7) is 1.88. The van der Waals surface area contributed by atoms with Crippen molar-refractivity contribution in [3.63, 3.8) is 0 Å². The van der Waals surface area contributed by atoms with Gasteiger partial charge in [0.1, 0.15) is 0 Å². The van der Waals surface area contributed by atoms with Crippen molar-refractivity contribution < 1.29 is 4.21 Å². The Labute approximate surface area is 54.4 Å². The third kappa shape index (κ3) is 4.22. The SMILES string of the molecule is CCS(=O)/C=C\Br. The predicted octanol–water partition coefficient (Wildman–Crippen LogP) is 1.62. The fraction of sp³-hybridized carbons (Fsp3) is 0.500. The minimum absolute atomic E-state index is 0.697. The van der Waals surface area contributed by atoms with Gasteiger partial charge in [-0.25, -0.2) is 0 Å². The zero-order valence-electron chi connectivity index (χ0n) is 4.06. The second-order valence-electron chi connectivity index (χ2n) is 0.931. The average molecular weight is 183 g/mol. The number of hydrogen-bond acceptors (Lipinski definition) is 1. The van der Waals surface area contributed by atoms with Crippen molar-refractivity contribution in [3.8, 4) is 0 Å². The van der Waals surface area contributed by atoms with Crippen molar-refractivity contribution in [1.29, 1.82) is 0 Å². The fourth-order valence-electron chi connectivity index (χ4n) is 0.154. The summed E-state index contributed by atoms with van der Waals surface area (Å²) in [5.41, 5.74) is 0. The summed E-state index contributed by atoms with van der Waals surface area (Å²) in [4.78, 5) is 1.62. The lowest BCUT2D eigenvalue weighted by molar-refractivity contribution is 0.689. The van der Waals surface area contributed by atoms with E-state index in [-0.39, 0.29) is 0 Å². The first kappa shape index (κ1) is 7.37. The standard InChI is InChI=1S/C4H7BrOS/c1-2-7(6)4-3-5/h3-4H,2H2,1H3/b4-3-. The first-order chi connectivity index (χ1) is 3.31. The maximum atomic E-state index is 10.4. The third-order valence-corrected chi connectivity index (χ3v) is 2.11. The summed E-state index contributed by atoms with van der Waals surface area (Å²) in [5.74, 6) is 0.697. The van der Waals surface area contributed by atoms with Gasteiger partial charge in [-0.1, -0.05) is 22.9 Å². The molecule has 0 saturated heterocycles. The molecule has 0 spiro atoms. The van der Waals surface area contributed by atoms with E-state index in [1.807, 2.05) is 6.92 Å². The second kappa shape index (κ2) is 4.53. The topological polar surface area (TPSA) is 17.1 Å². The van der Waals surface area contributed by atoms with Gasteiger partial charge in [-0.05, 0) is 4.99 Å². The number of halogens is 1. The molecule has 0 bridgehead atoms. The van der Waals surface area contributed by atoms with E-state index in [2.05, 4.69) is 15.9 Å². The van der Waals surface area contributed by atoms with E-state index in [0.29, 0.717) is 5.75 Å². The van der Waals surface area contributed by atoms with Crippen LogP contribution in [0.25, 0.3) is 0 Å². The van der Waals surface area contributed by atoms with Gasteiger partial charge in [-0.15, -0.1) is 0 Å². The molecule has 0 rings (SSSR count). The summed E-state index contributed by atoms with van der Waals surface area (Å²) in [6.07, 6.45) is 0. The van der Waals surface area contributed by atoms with Gasteiger partial charge in [-0.3, -0.25) is 4.21 Å². The molecule has 0 radical (unpaired) electrons. The van der Waals surface area contributed by atoms with Crippen LogP contribution in [0.15, 0.2) is 10.4 Å². The van der Waals surface area contributed by atoms with Gasteiger partial charge >= 0.3 is 0 Å². The van der Waals surface area contributed by atoms with Crippen molar-refractivity contribution in [2.24, 2.45) is 0 Å². The molecule has 0 aromatic rings. The van der Waals surface area contributed by atoms with Gasteiger partial charge in [0.05, 0.1) is 0 Å². The maximum absolute atomic E-state index is 10.4. The zero-order chi connectivity index (χ0) is 5.70. The van der Waals surface area contributed by atoms with Crippen LogP contribution in [0.5, 0.6) is 0 Å². The molecule has 0 aliphatic heterocycles. The van der Waals surface area contributed by atoms with E-state index >= 15 is 0 Å². The predicted molar refractivity (Wildman–Crippen MR) is 36.8 cm³/mol. The molecule has 0 saturated carbocycles. The van der Waals surface area contributed by atoms with Crippen LogP contribution in [0.3, 0.4) is 0 Å². The van der Waals surface area contributed by atoms with Gasteiger partial charge < -0.3 is 0 Å². The molecule has 7 heavy (non-hydrogen) atoms. The van der Waals surface area contributed by atoms with Crippen molar-refractivity contribution in [2.45, 2.75) is 6.92 Å². The van der Waals surface area contributed by atoms with Crippen LogP contribution in [0.4, 0.5) is 0 Å². The van der Waals surface area contributed by atoms with Gasteiger partial charge in [-0.2, -0.15) is 0 Å². The van der Waals surface area contributed by atoms with Crippen LogP contribution >= 0.6 is 15.9 Å². The van der Waals surface area contributed by atoms with Crippen molar-refractivity contribution in [1.82, 2.24) is 0 Å². The quantitative estimate of drug-likeness (QED) is 0.635. The lowest BCUT2D eigenvalue weighted by Crippen LogP contribution is -1.83. The van der Waals surface area contributed by atoms with E-state index < -0.39 is 10.8 Å². The number of rotatable bonds is 2. The van der Waals surface area contributed by atoms with Crippen molar-refractivity contribution >= 4 is 26.7 Å². The summed E-state index contributed by atoms with van der Waals surface area (Å²) < 4.78 is 10.4. The molecule has 0 aliphatic carbocycles. The number of hydrogen-bond donors (Lipinski definition) is 0. The molecule has 1 unspecified atom stereocenters. The monoisotopic (exact) mass is 182 g/mol. The van der Waals surface area contributed by atoms with Crippen LogP contribution in [0.2, 0.25) is 0 Å². The minimum atomic E-state index is -0.754. The second-order valence-corrected chi connectivity index (χ2v) is 3.07.